The zero-order valence-corrected chi connectivity index (χ0v) is 13.3. The summed E-state index contributed by atoms with van der Waals surface area (Å²) in [4.78, 5) is 0. The van der Waals surface area contributed by atoms with Crippen LogP contribution in [0, 0.1) is 5.41 Å². The molecule has 94 valence electrons. The van der Waals surface area contributed by atoms with E-state index in [9.17, 15) is 0 Å². The van der Waals surface area contributed by atoms with Gasteiger partial charge in [-0.25, -0.2) is 0 Å². The van der Waals surface area contributed by atoms with Crippen LogP contribution in [0.3, 0.4) is 0 Å². The Morgan fingerprint density at radius 2 is 2.24 bits per heavy atom. The summed E-state index contributed by atoms with van der Waals surface area (Å²) in [6.07, 6.45) is 1.25. The molecule has 1 unspecified atom stereocenters. The van der Waals surface area contributed by atoms with Crippen LogP contribution in [0.25, 0.3) is 0 Å². The molecule has 0 aliphatic carbocycles. The number of nitrogens with one attached hydrogen (secondary N) is 1. The highest BCUT2D eigenvalue weighted by Gasteiger charge is 2.32. The molecule has 0 spiro atoms. The van der Waals surface area contributed by atoms with Crippen molar-refractivity contribution in [3.8, 4) is 0 Å². The van der Waals surface area contributed by atoms with Crippen LogP contribution in [-0.4, -0.2) is 17.5 Å². The number of hydrogen-bond acceptors (Lipinski definition) is 2. The molecule has 0 aromatic heterocycles. The summed E-state index contributed by atoms with van der Waals surface area (Å²) in [7, 11) is 0. The summed E-state index contributed by atoms with van der Waals surface area (Å²) < 4.78 is 1.02. The van der Waals surface area contributed by atoms with E-state index in [0.717, 1.165) is 20.9 Å². The van der Waals surface area contributed by atoms with Crippen LogP contribution >= 0.6 is 39.3 Å². The second-order valence-corrected chi connectivity index (χ2v) is 7.61. The molecule has 1 N–H and O–H groups in total. The van der Waals surface area contributed by atoms with E-state index in [2.05, 4.69) is 35.1 Å². The smallest absolute Gasteiger partial charge is 0.0648 e. The Morgan fingerprint density at radius 3 is 2.88 bits per heavy atom. The molecule has 1 heterocycles. The zero-order chi connectivity index (χ0) is 12.5. The van der Waals surface area contributed by atoms with E-state index >= 15 is 0 Å². The van der Waals surface area contributed by atoms with Crippen LogP contribution in [0.4, 0.5) is 5.69 Å². The molecule has 17 heavy (non-hydrogen) atoms. The van der Waals surface area contributed by atoms with Crippen LogP contribution in [0.15, 0.2) is 22.7 Å². The van der Waals surface area contributed by atoms with Gasteiger partial charge in [0.05, 0.1) is 10.7 Å². The molecule has 0 amide bonds. The quantitative estimate of drug-likeness (QED) is 0.812. The fraction of sp³-hybridized carbons (Fsp3) is 0.538. The van der Waals surface area contributed by atoms with Gasteiger partial charge in [0.25, 0.3) is 0 Å². The van der Waals surface area contributed by atoms with E-state index in [4.69, 9.17) is 11.6 Å². The van der Waals surface area contributed by atoms with Gasteiger partial charge in [0, 0.05) is 16.3 Å². The normalized spacial score (nSPS) is 23.4. The largest absolute Gasteiger partial charge is 0.380 e. The molecule has 0 radical (unpaired) electrons. The Hall–Kier alpha value is 0.140. The monoisotopic (exact) mass is 333 g/mol. The molecule has 1 nitrogen and oxygen atoms in total. The van der Waals surface area contributed by atoms with Crippen LogP contribution in [0.2, 0.25) is 5.02 Å². The first-order valence-electron chi connectivity index (χ1n) is 5.78. The molecule has 1 aromatic carbocycles. The van der Waals surface area contributed by atoms with Gasteiger partial charge in [-0.15, -0.1) is 0 Å². The molecule has 1 fully saturated rings. The minimum absolute atomic E-state index is 0.335. The van der Waals surface area contributed by atoms with Gasteiger partial charge in [0.1, 0.15) is 0 Å². The molecule has 4 heteroatoms. The lowest BCUT2D eigenvalue weighted by Crippen LogP contribution is -2.41. The molecular formula is C13H17BrClNS. The molecular weight excluding hydrogens is 318 g/mol. The first-order valence-corrected chi connectivity index (χ1v) is 8.11. The molecule has 1 aromatic rings. The number of thioether (sulfide) groups is 1. The van der Waals surface area contributed by atoms with Crippen molar-refractivity contribution in [2.45, 2.75) is 26.3 Å². The second-order valence-electron chi connectivity index (χ2n) is 5.13. The van der Waals surface area contributed by atoms with Gasteiger partial charge >= 0.3 is 0 Å². The lowest BCUT2D eigenvalue weighted by molar-refractivity contribution is 0.305. The Morgan fingerprint density at radius 1 is 1.47 bits per heavy atom. The van der Waals surface area contributed by atoms with Crippen molar-refractivity contribution in [1.29, 1.82) is 0 Å². The van der Waals surface area contributed by atoms with Gasteiger partial charge < -0.3 is 5.32 Å². The standard InChI is InChI=1S/C13H17BrClNS/c1-13(2)5-6-17-8-12(13)16-11-4-3-9(14)7-10(11)15/h3-4,7,12,16H,5-6,8H2,1-2H3. The maximum absolute atomic E-state index is 6.24. The third-order valence-corrected chi connectivity index (χ3v) is 5.25. The molecule has 0 bridgehead atoms. The van der Waals surface area contributed by atoms with Crippen molar-refractivity contribution >= 4 is 45.0 Å². The van der Waals surface area contributed by atoms with Crippen molar-refractivity contribution in [3.05, 3.63) is 27.7 Å². The Bertz CT molecular complexity index is 408. The van der Waals surface area contributed by atoms with Crippen LogP contribution in [-0.2, 0) is 0 Å². The van der Waals surface area contributed by atoms with Crippen molar-refractivity contribution < 1.29 is 0 Å². The Kier molecular flexibility index (Phi) is 4.32. The van der Waals surface area contributed by atoms with E-state index < -0.39 is 0 Å². The van der Waals surface area contributed by atoms with E-state index in [1.165, 1.54) is 12.2 Å². The molecule has 1 aliphatic rings. The number of benzene rings is 1. The third-order valence-electron chi connectivity index (χ3n) is 3.38. The van der Waals surface area contributed by atoms with Crippen molar-refractivity contribution in [3.63, 3.8) is 0 Å². The van der Waals surface area contributed by atoms with Gasteiger partial charge in [-0.05, 0) is 35.8 Å². The summed E-state index contributed by atoms with van der Waals surface area (Å²) in [5.41, 5.74) is 1.37. The average molecular weight is 335 g/mol. The molecule has 2 rings (SSSR count). The van der Waals surface area contributed by atoms with Gasteiger partial charge in [0.2, 0.25) is 0 Å². The minimum Gasteiger partial charge on any atom is -0.380 e. The fourth-order valence-corrected chi connectivity index (χ4v) is 4.30. The van der Waals surface area contributed by atoms with Crippen LogP contribution in [0.5, 0.6) is 0 Å². The number of anilines is 1. The Labute approximate surface area is 121 Å². The van der Waals surface area contributed by atoms with Crippen LogP contribution in [0.1, 0.15) is 20.3 Å². The third kappa shape index (κ3) is 3.33. The fourth-order valence-electron chi connectivity index (χ4n) is 1.97. The van der Waals surface area contributed by atoms with Crippen molar-refractivity contribution in [2.24, 2.45) is 5.41 Å². The second kappa shape index (κ2) is 5.41. The average Bonchev–Trinajstić information content (AvgIpc) is 2.24. The summed E-state index contributed by atoms with van der Waals surface area (Å²) in [5.74, 6) is 2.42. The van der Waals surface area contributed by atoms with E-state index in [1.54, 1.807) is 0 Å². The zero-order valence-electron chi connectivity index (χ0n) is 10.1. The minimum atomic E-state index is 0.335. The van der Waals surface area contributed by atoms with Crippen molar-refractivity contribution in [2.75, 3.05) is 16.8 Å². The first-order chi connectivity index (χ1) is 7.99. The SMILES string of the molecule is CC1(C)CCSCC1Nc1ccc(Br)cc1Cl. The predicted octanol–water partition coefficient (Wildman–Crippen LogP) is 5.05. The number of rotatable bonds is 2. The maximum Gasteiger partial charge on any atom is 0.0648 e. The predicted molar refractivity (Wildman–Crippen MR) is 82.3 cm³/mol. The first kappa shape index (κ1) is 13.6. The molecule has 0 saturated carbocycles. The summed E-state index contributed by atoms with van der Waals surface area (Å²) in [6.45, 7) is 4.66. The van der Waals surface area contributed by atoms with Gasteiger partial charge in [-0.1, -0.05) is 41.4 Å². The van der Waals surface area contributed by atoms with Gasteiger partial charge in [-0.2, -0.15) is 11.8 Å². The van der Waals surface area contributed by atoms with Crippen LogP contribution < -0.4 is 5.32 Å². The molecule has 1 aliphatic heterocycles. The van der Waals surface area contributed by atoms with Crippen molar-refractivity contribution in [1.82, 2.24) is 0 Å². The lowest BCUT2D eigenvalue weighted by atomic mass is 9.82. The maximum atomic E-state index is 6.24. The summed E-state index contributed by atoms with van der Waals surface area (Å²) >= 11 is 11.7. The summed E-state index contributed by atoms with van der Waals surface area (Å²) in [6, 6.07) is 6.49. The topological polar surface area (TPSA) is 12.0 Å². The number of halogens is 2. The van der Waals surface area contributed by atoms with E-state index in [1.807, 2.05) is 30.0 Å². The summed E-state index contributed by atoms with van der Waals surface area (Å²) in [5, 5.41) is 4.38. The highest BCUT2D eigenvalue weighted by atomic mass is 79.9. The molecule has 1 atom stereocenters. The van der Waals surface area contributed by atoms with E-state index in [-0.39, 0.29) is 0 Å². The van der Waals surface area contributed by atoms with Gasteiger partial charge in [-0.3, -0.25) is 0 Å². The Balaban J connectivity index is 2.14. The number of hydrogen-bond donors (Lipinski definition) is 1. The highest BCUT2D eigenvalue weighted by molar-refractivity contribution is 9.10. The molecule has 1 saturated heterocycles. The lowest BCUT2D eigenvalue weighted by Gasteiger charge is -2.39. The van der Waals surface area contributed by atoms with Gasteiger partial charge in [0.15, 0.2) is 0 Å². The van der Waals surface area contributed by atoms with E-state index in [0.29, 0.717) is 11.5 Å². The highest BCUT2D eigenvalue weighted by Crippen LogP contribution is 2.37.